The Kier molecular flexibility index (Phi) is 4.87. The first kappa shape index (κ1) is 12.8. The second kappa shape index (κ2) is 5.71. The van der Waals surface area contributed by atoms with Crippen LogP contribution in [0.2, 0.25) is 5.02 Å². The second-order valence-electron chi connectivity index (χ2n) is 3.40. The van der Waals surface area contributed by atoms with Gasteiger partial charge in [0.1, 0.15) is 5.82 Å². The molecule has 1 N–H and O–H groups in total. The van der Waals surface area contributed by atoms with E-state index >= 15 is 0 Å². The van der Waals surface area contributed by atoms with Crippen molar-refractivity contribution in [3.8, 4) is 0 Å². The molecular formula is C11H14BrClFN. The van der Waals surface area contributed by atoms with E-state index in [0.717, 1.165) is 18.5 Å². The van der Waals surface area contributed by atoms with E-state index in [1.807, 2.05) is 0 Å². The Morgan fingerprint density at radius 3 is 2.47 bits per heavy atom. The SMILES string of the molecule is CCC(CC)Nc1c(Cl)cc(F)cc1Br. The van der Waals surface area contributed by atoms with Gasteiger partial charge in [-0.1, -0.05) is 25.4 Å². The summed E-state index contributed by atoms with van der Waals surface area (Å²) in [6, 6.07) is 3.09. The minimum atomic E-state index is -0.332. The van der Waals surface area contributed by atoms with Crippen molar-refractivity contribution in [2.24, 2.45) is 0 Å². The molecule has 0 saturated heterocycles. The van der Waals surface area contributed by atoms with E-state index in [1.165, 1.54) is 12.1 Å². The molecule has 0 heterocycles. The number of rotatable bonds is 4. The molecule has 0 aliphatic carbocycles. The van der Waals surface area contributed by atoms with Crippen molar-refractivity contribution in [3.63, 3.8) is 0 Å². The highest BCUT2D eigenvalue weighted by atomic mass is 79.9. The zero-order chi connectivity index (χ0) is 11.4. The molecule has 0 bridgehead atoms. The molecule has 4 heteroatoms. The summed E-state index contributed by atoms with van der Waals surface area (Å²) in [4.78, 5) is 0. The van der Waals surface area contributed by atoms with E-state index in [9.17, 15) is 4.39 Å². The van der Waals surface area contributed by atoms with Crippen LogP contribution in [0.5, 0.6) is 0 Å². The molecule has 1 rings (SSSR count). The highest BCUT2D eigenvalue weighted by Gasteiger charge is 2.11. The normalized spacial score (nSPS) is 10.8. The number of halogens is 3. The molecule has 0 saturated carbocycles. The van der Waals surface area contributed by atoms with Crippen molar-refractivity contribution in [1.82, 2.24) is 0 Å². The number of nitrogens with one attached hydrogen (secondary N) is 1. The summed E-state index contributed by atoms with van der Waals surface area (Å²) in [5.41, 5.74) is 0.770. The molecule has 0 fully saturated rings. The molecule has 0 unspecified atom stereocenters. The molecule has 0 radical (unpaired) electrons. The molecule has 1 aromatic rings. The molecule has 15 heavy (non-hydrogen) atoms. The average molecular weight is 295 g/mol. The zero-order valence-corrected chi connectivity index (χ0v) is 11.1. The zero-order valence-electron chi connectivity index (χ0n) is 8.78. The van der Waals surface area contributed by atoms with Gasteiger partial charge in [-0.2, -0.15) is 0 Å². The largest absolute Gasteiger partial charge is 0.380 e. The summed E-state index contributed by atoms with van der Waals surface area (Å²) in [5, 5.41) is 3.71. The Morgan fingerprint density at radius 1 is 1.40 bits per heavy atom. The molecule has 0 aliphatic rings. The molecular weight excluding hydrogens is 280 g/mol. The van der Waals surface area contributed by atoms with Gasteiger partial charge in [-0.15, -0.1) is 0 Å². The number of hydrogen-bond acceptors (Lipinski definition) is 1. The van der Waals surface area contributed by atoms with E-state index in [1.54, 1.807) is 0 Å². The van der Waals surface area contributed by atoms with Crippen molar-refractivity contribution in [1.29, 1.82) is 0 Å². The smallest absolute Gasteiger partial charge is 0.125 e. The van der Waals surface area contributed by atoms with Gasteiger partial charge in [-0.3, -0.25) is 0 Å². The lowest BCUT2D eigenvalue weighted by Crippen LogP contribution is -2.17. The lowest BCUT2D eigenvalue weighted by Gasteiger charge is -2.18. The monoisotopic (exact) mass is 293 g/mol. The van der Waals surface area contributed by atoms with Crippen LogP contribution >= 0.6 is 27.5 Å². The van der Waals surface area contributed by atoms with Gasteiger partial charge >= 0.3 is 0 Å². The maximum absolute atomic E-state index is 13.0. The van der Waals surface area contributed by atoms with Crippen molar-refractivity contribution >= 4 is 33.2 Å². The Morgan fingerprint density at radius 2 is 2.00 bits per heavy atom. The predicted molar refractivity (Wildman–Crippen MR) is 67.1 cm³/mol. The molecule has 0 spiro atoms. The first-order chi connectivity index (χ1) is 7.08. The lowest BCUT2D eigenvalue weighted by atomic mass is 10.1. The summed E-state index contributed by atoms with van der Waals surface area (Å²) in [6.45, 7) is 4.21. The molecule has 0 aromatic heterocycles. The van der Waals surface area contributed by atoms with Crippen molar-refractivity contribution in [2.75, 3.05) is 5.32 Å². The quantitative estimate of drug-likeness (QED) is 0.837. The van der Waals surface area contributed by atoms with Crippen molar-refractivity contribution in [2.45, 2.75) is 32.7 Å². The van der Waals surface area contributed by atoms with Gasteiger partial charge in [0.15, 0.2) is 0 Å². The summed E-state index contributed by atoms with van der Waals surface area (Å²) < 4.78 is 13.6. The Labute approximate surface area is 103 Å². The number of benzene rings is 1. The van der Waals surface area contributed by atoms with Crippen LogP contribution in [0.4, 0.5) is 10.1 Å². The minimum absolute atomic E-state index is 0.332. The van der Waals surface area contributed by atoms with E-state index in [-0.39, 0.29) is 5.82 Å². The van der Waals surface area contributed by atoms with Gasteiger partial charge in [0.25, 0.3) is 0 Å². The van der Waals surface area contributed by atoms with Crippen LogP contribution in [0, 0.1) is 5.82 Å². The van der Waals surface area contributed by atoms with Gasteiger partial charge in [-0.05, 0) is 40.9 Å². The highest BCUT2D eigenvalue weighted by Crippen LogP contribution is 2.32. The van der Waals surface area contributed by atoms with Crippen LogP contribution in [0.1, 0.15) is 26.7 Å². The Balaban J connectivity index is 2.94. The average Bonchev–Trinajstić information content (AvgIpc) is 2.17. The maximum Gasteiger partial charge on any atom is 0.125 e. The number of anilines is 1. The first-order valence-corrected chi connectivity index (χ1v) is 6.16. The van der Waals surface area contributed by atoms with Crippen LogP contribution in [-0.4, -0.2) is 6.04 Å². The van der Waals surface area contributed by atoms with E-state index in [0.29, 0.717) is 15.5 Å². The predicted octanol–water partition coefficient (Wildman–Crippen LogP) is 4.84. The van der Waals surface area contributed by atoms with Gasteiger partial charge in [0.05, 0.1) is 10.7 Å². The van der Waals surface area contributed by atoms with Crippen LogP contribution < -0.4 is 5.32 Å². The standard InChI is InChI=1S/C11H14BrClFN/c1-3-8(4-2)15-11-9(12)5-7(14)6-10(11)13/h5-6,8,15H,3-4H2,1-2H3. The molecule has 0 atom stereocenters. The second-order valence-corrected chi connectivity index (χ2v) is 4.66. The molecule has 1 aromatic carbocycles. The van der Waals surface area contributed by atoms with Crippen molar-refractivity contribution in [3.05, 3.63) is 27.4 Å². The first-order valence-electron chi connectivity index (χ1n) is 4.99. The summed E-state index contributed by atoms with van der Waals surface area (Å²) in [5.74, 6) is -0.332. The molecule has 1 nitrogen and oxygen atoms in total. The summed E-state index contributed by atoms with van der Waals surface area (Å²) in [7, 11) is 0. The molecule has 0 aliphatic heterocycles. The van der Waals surface area contributed by atoms with Gasteiger partial charge in [-0.25, -0.2) is 4.39 Å². The Bertz CT molecular complexity index is 316. The summed E-state index contributed by atoms with van der Waals surface area (Å²) >= 11 is 9.26. The van der Waals surface area contributed by atoms with Gasteiger partial charge < -0.3 is 5.32 Å². The van der Waals surface area contributed by atoms with Crippen LogP contribution in [0.3, 0.4) is 0 Å². The van der Waals surface area contributed by atoms with E-state index in [2.05, 4.69) is 35.1 Å². The van der Waals surface area contributed by atoms with E-state index in [4.69, 9.17) is 11.6 Å². The van der Waals surface area contributed by atoms with Gasteiger partial charge in [0, 0.05) is 10.5 Å². The minimum Gasteiger partial charge on any atom is -0.380 e. The summed E-state index contributed by atoms with van der Waals surface area (Å²) in [6.07, 6.45) is 2.02. The third-order valence-electron chi connectivity index (χ3n) is 2.34. The van der Waals surface area contributed by atoms with E-state index < -0.39 is 0 Å². The van der Waals surface area contributed by atoms with Crippen molar-refractivity contribution < 1.29 is 4.39 Å². The van der Waals surface area contributed by atoms with Gasteiger partial charge in [0.2, 0.25) is 0 Å². The fourth-order valence-electron chi connectivity index (χ4n) is 1.38. The van der Waals surface area contributed by atoms with Crippen LogP contribution in [-0.2, 0) is 0 Å². The topological polar surface area (TPSA) is 12.0 Å². The lowest BCUT2D eigenvalue weighted by molar-refractivity contribution is 0.626. The maximum atomic E-state index is 13.0. The fraction of sp³-hybridized carbons (Fsp3) is 0.455. The number of hydrogen-bond donors (Lipinski definition) is 1. The van der Waals surface area contributed by atoms with Crippen LogP contribution in [0.15, 0.2) is 16.6 Å². The molecule has 84 valence electrons. The van der Waals surface area contributed by atoms with Crippen LogP contribution in [0.25, 0.3) is 0 Å². The Hall–Kier alpha value is -0.280. The highest BCUT2D eigenvalue weighted by molar-refractivity contribution is 9.10. The third kappa shape index (κ3) is 3.35. The molecule has 0 amide bonds. The third-order valence-corrected chi connectivity index (χ3v) is 3.26. The fourth-order valence-corrected chi connectivity index (χ4v) is 2.30.